The molecule has 0 bridgehead atoms. The van der Waals surface area contributed by atoms with Gasteiger partial charge in [-0.15, -0.1) is 0 Å². The fraction of sp³-hybridized carbons (Fsp3) is 0.333. The average Bonchev–Trinajstić information content (AvgIpc) is 2.64. The number of anilines is 1. The van der Waals surface area contributed by atoms with Crippen LogP contribution in [0.1, 0.15) is 23.6 Å². The highest BCUT2D eigenvalue weighted by molar-refractivity contribution is 5.95. The van der Waals surface area contributed by atoms with Crippen molar-refractivity contribution in [2.75, 3.05) is 19.5 Å². The van der Waals surface area contributed by atoms with E-state index in [-0.39, 0.29) is 12.3 Å². The molecule has 144 valence electrons. The van der Waals surface area contributed by atoms with Gasteiger partial charge in [0.15, 0.2) is 6.10 Å². The normalized spacial score (nSPS) is 11.4. The molecule has 0 aliphatic carbocycles. The van der Waals surface area contributed by atoms with Gasteiger partial charge < -0.3 is 19.5 Å². The van der Waals surface area contributed by atoms with Crippen LogP contribution in [0.15, 0.2) is 36.4 Å². The second kappa shape index (κ2) is 9.07. The highest BCUT2D eigenvalue weighted by atomic mass is 16.5. The fourth-order valence-electron chi connectivity index (χ4n) is 2.63. The van der Waals surface area contributed by atoms with Gasteiger partial charge in [0.1, 0.15) is 11.5 Å². The van der Waals surface area contributed by atoms with E-state index in [4.69, 9.17) is 14.2 Å². The Hall–Kier alpha value is -3.02. The van der Waals surface area contributed by atoms with Crippen molar-refractivity contribution >= 4 is 17.6 Å². The maximum Gasteiger partial charge on any atom is 0.311 e. The van der Waals surface area contributed by atoms with Crippen LogP contribution in [0.3, 0.4) is 0 Å². The van der Waals surface area contributed by atoms with Gasteiger partial charge in [-0.3, -0.25) is 9.59 Å². The van der Waals surface area contributed by atoms with E-state index < -0.39 is 12.1 Å². The average molecular weight is 371 g/mol. The molecule has 27 heavy (non-hydrogen) atoms. The number of carbonyl (C=O) groups is 2. The van der Waals surface area contributed by atoms with Crippen LogP contribution < -0.4 is 14.8 Å². The molecule has 2 aromatic carbocycles. The van der Waals surface area contributed by atoms with Crippen molar-refractivity contribution in [1.29, 1.82) is 0 Å². The van der Waals surface area contributed by atoms with E-state index in [2.05, 4.69) is 5.32 Å². The Bertz CT molecular complexity index is 831. The van der Waals surface area contributed by atoms with Gasteiger partial charge in [-0.05, 0) is 38.5 Å². The summed E-state index contributed by atoms with van der Waals surface area (Å²) in [6.45, 7) is 5.44. The Kier molecular flexibility index (Phi) is 6.82. The topological polar surface area (TPSA) is 73.9 Å². The van der Waals surface area contributed by atoms with Gasteiger partial charge in [-0.2, -0.15) is 0 Å². The van der Waals surface area contributed by atoms with E-state index in [9.17, 15) is 9.59 Å². The summed E-state index contributed by atoms with van der Waals surface area (Å²) in [6, 6.07) is 10.9. The predicted octanol–water partition coefficient (Wildman–Crippen LogP) is 3.43. The molecule has 0 unspecified atom stereocenters. The second-order valence-electron chi connectivity index (χ2n) is 6.29. The molecule has 0 aliphatic heterocycles. The van der Waals surface area contributed by atoms with Crippen LogP contribution in [0.25, 0.3) is 0 Å². The Balaban J connectivity index is 1.97. The summed E-state index contributed by atoms with van der Waals surface area (Å²) in [5.74, 6) is 0.266. The number of methoxy groups -OCH3 is 2. The van der Waals surface area contributed by atoms with Gasteiger partial charge >= 0.3 is 5.97 Å². The first kappa shape index (κ1) is 20.3. The highest BCUT2D eigenvalue weighted by Gasteiger charge is 2.20. The molecule has 1 amide bonds. The predicted molar refractivity (Wildman–Crippen MR) is 103 cm³/mol. The summed E-state index contributed by atoms with van der Waals surface area (Å²) in [6.07, 6.45) is -0.920. The summed E-state index contributed by atoms with van der Waals surface area (Å²) in [5, 5.41) is 2.79. The Morgan fingerprint density at radius 3 is 2.41 bits per heavy atom. The molecule has 0 heterocycles. The van der Waals surface area contributed by atoms with E-state index >= 15 is 0 Å². The van der Waals surface area contributed by atoms with Crippen molar-refractivity contribution in [2.24, 2.45) is 0 Å². The van der Waals surface area contributed by atoms with Gasteiger partial charge in [0.25, 0.3) is 5.91 Å². The highest BCUT2D eigenvalue weighted by Crippen LogP contribution is 2.25. The number of amides is 1. The molecule has 1 atom stereocenters. The monoisotopic (exact) mass is 371 g/mol. The number of carbonyl (C=O) groups excluding carboxylic acids is 2. The van der Waals surface area contributed by atoms with Crippen LogP contribution in [0, 0.1) is 13.8 Å². The van der Waals surface area contributed by atoms with Crippen molar-refractivity contribution in [3.8, 4) is 11.5 Å². The first-order valence-corrected chi connectivity index (χ1v) is 8.62. The lowest BCUT2D eigenvalue weighted by Gasteiger charge is -2.16. The number of hydrogen-bond donors (Lipinski definition) is 1. The number of aryl methyl sites for hydroxylation is 2. The zero-order chi connectivity index (χ0) is 20.0. The number of nitrogens with one attached hydrogen (secondary N) is 1. The zero-order valence-electron chi connectivity index (χ0n) is 16.3. The molecular formula is C21H25NO5. The molecule has 2 rings (SSSR count). The molecule has 0 aromatic heterocycles. The lowest BCUT2D eigenvalue weighted by Crippen LogP contribution is -2.30. The molecule has 0 fully saturated rings. The van der Waals surface area contributed by atoms with Crippen LogP contribution in [0.4, 0.5) is 5.69 Å². The van der Waals surface area contributed by atoms with Gasteiger partial charge in [-0.25, -0.2) is 0 Å². The van der Waals surface area contributed by atoms with Gasteiger partial charge in [0.05, 0.1) is 20.6 Å². The van der Waals surface area contributed by atoms with Crippen LogP contribution in [0.5, 0.6) is 11.5 Å². The van der Waals surface area contributed by atoms with Crippen LogP contribution in [0.2, 0.25) is 0 Å². The Labute approximate surface area is 159 Å². The number of rotatable bonds is 7. The second-order valence-corrected chi connectivity index (χ2v) is 6.29. The summed E-state index contributed by atoms with van der Waals surface area (Å²) < 4.78 is 15.7. The summed E-state index contributed by atoms with van der Waals surface area (Å²) in [7, 11) is 3.07. The van der Waals surface area contributed by atoms with Crippen LogP contribution in [-0.2, 0) is 20.7 Å². The first-order chi connectivity index (χ1) is 12.8. The minimum Gasteiger partial charge on any atom is -0.497 e. The van der Waals surface area contributed by atoms with Gasteiger partial charge in [0.2, 0.25) is 0 Å². The number of esters is 1. The van der Waals surface area contributed by atoms with E-state index in [1.807, 2.05) is 32.0 Å². The standard InChI is InChI=1S/C21H25NO5/c1-13-6-9-18(14(2)10-13)22-21(24)15(3)27-20(23)11-16-7-8-17(25-4)12-19(16)26-5/h6-10,12,15H,11H2,1-5H3,(H,22,24)/t15-/m1/s1. The van der Waals surface area contributed by atoms with Gasteiger partial charge in [-0.1, -0.05) is 23.8 Å². The van der Waals surface area contributed by atoms with Crippen LogP contribution in [-0.4, -0.2) is 32.2 Å². The van der Waals surface area contributed by atoms with Crippen molar-refractivity contribution in [2.45, 2.75) is 33.3 Å². The molecule has 0 aliphatic rings. The Morgan fingerprint density at radius 1 is 1.04 bits per heavy atom. The van der Waals surface area contributed by atoms with Crippen molar-refractivity contribution in [3.63, 3.8) is 0 Å². The van der Waals surface area contributed by atoms with Crippen LogP contribution >= 0.6 is 0 Å². The number of ether oxygens (including phenoxy) is 3. The quantitative estimate of drug-likeness (QED) is 0.755. The third kappa shape index (κ3) is 5.48. The maximum absolute atomic E-state index is 12.3. The Morgan fingerprint density at radius 2 is 1.78 bits per heavy atom. The van der Waals surface area contributed by atoms with E-state index in [0.717, 1.165) is 11.1 Å². The first-order valence-electron chi connectivity index (χ1n) is 8.62. The smallest absolute Gasteiger partial charge is 0.311 e. The molecule has 6 nitrogen and oxygen atoms in total. The minimum atomic E-state index is -0.914. The zero-order valence-corrected chi connectivity index (χ0v) is 16.3. The molecule has 1 N–H and O–H groups in total. The lowest BCUT2D eigenvalue weighted by molar-refractivity contribution is -0.152. The van der Waals surface area contributed by atoms with Crippen molar-refractivity contribution in [3.05, 3.63) is 53.1 Å². The molecule has 0 radical (unpaired) electrons. The summed E-state index contributed by atoms with van der Waals surface area (Å²) in [5.41, 5.74) is 3.42. The van der Waals surface area contributed by atoms with Gasteiger partial charge in [0, 0.05) is 17.3 Å². The molecular weight excluding hydrogens is 346 g/mol. The van der Waals surface area contributed by atoms with Crippen molar-refractivity contribution < 1.29 is 23.8 Å². The minimum absolute atomic E-state index is 0.00561. The SMILES string of the molecule is COc1ccc(CC(=O)O[C@H](C)C(=O)Nc2ccc(C)cc2C)c(OC)c1. The number of benzene rings is 2. The summed E-state index contributed by atoms with van der Waals surface area (Å²) in [4.78, 5) is 24.5. The third-order valence-corrected chi connectivity index (χ3v) is 4.15. The van der Waals surface area contributed by atoms with Crippen molar-refractivity contribution in [1.82, 2.24) is 0 Å². The molecule has 0 saturated heterocycles. The fourth-order valence-corrected chi connectivity index (χ4v) is 2.63. The third-order valence-electron chi connectivity index (χ3n) is 4.15. The molecule has 6 heteroatoms. The van der Waals surface area contributed by atoms with E-state index in [1.54, 1.807) is 32.2 Å². The molecule has 2 aromatic rings. The maximum atomic E-state index is 12.3. The number of hydrogen-bond acceptors (Lipinski definition) is 5. The molecule has 0 spiro atoms. The summed E-state index contributed by atoms with van der Waals surface area (Å²) >= 11 is 0. The molecule has 0 saturated carbocycles. The van der Waals surface area contributed by atoms with E-state index in [1.165, 1.54) is 7.11 Å². The van der Waals surface area contributed by atoms with E-state index in [0.29, 0.717) is 22.7 Å². The largest absolute Gasteiger partial charge is 0.497 e. The lowest BCUT2D eigenvalue weighted by atomic mass is 10.1.